The van der Waals surface area contributed by atoms with Gasteiger partial charge in [-0.3, -0.25) is 4.79 Å². The molecule has 54 valence electrons. The molecule has 0 fully saturated rings. The van der Waals surface area contributed by atoms with Gasteiger partial charge in [-0.1, -0.05) is 0 Å². The molecule has 0 aliphatic carbocycles. The molecule has 1 aromatic heterocycles. The summed E-state index contributed by atoms with van der Waals surface area (Å²) in [5, 5.41) is 0. The van der Waals surface area contributed by atoms with E-state index in [9.17, 15) is 4.79 Å². The van der Waals surface area contributed by atoms with Crippen molar-refractivity contribution < 1.29 is 9.53 Å². The van der Waals surface area contributed by atoms with Crippen LogP contribution in [0.3, 0.4) is 0 Å². The van der Waals surface area contributed by atoms with Crippen molar-refractivity contribution in [1.82, 2.24) is 4.98 Å². The molecule has 0 amide bonds. The predicted octanol–water partition coefficient (Wildman–Crippen LogP) is 1.70. The van der Waals surface area contributed by atoms with Gasteiger partial charge in [0.2, 0.25) is 0 Å². The minimum absolute atomic E-state index is 0.313. The highest BCUT2D eigenvalue weighted by Crippen LogP contribution is 2.16. The monoisotopic (exact) mass is 203 g/mol. The first-order valence-electron chi connectivity index (χ1n) is 2.71. The number of carbonyl (C=O) groups excluding carboxylic acids is 1. The van der Waals surface area contributed by atoms with Gasteiger partial charge in [-0.15, -0.1) is 0 Å². The summed E-state index contributed by atoms with van der Waals surface area (Å²) in [4.78, 5) is 13.2. The second-order valence-corrected chi connectivity index (χ2v) is 2.63. The molecule has 3 nitrogen and oxygen atoms in total. The molecule has 0 radical (unpaired) electrons. The van der Waals surface area contributed by atoms with Gasteiger partial charge in [-0.05, 0) is 15.9 Å². The molecule has 0 aliphatic heterocycles. The molecule has 0 atom stereocenters. The van der Waals surface area contributed by atoms with Gasteiger partial charge in [-0.2, -0.15) is 0 Å². The molecule has 0 unspecified atom stereocenters. The van der Waals surface area contributed by atoms with Crippen LogP contribution in [0.25, 0.3) is 0 Å². The Morgan fingerprint density at radius 3 is 2.90 bits per heavy atom. The number of aromatic amines is 1. The number of H-pyrrole nitrogens is 1. The van der Waals surface area contributed by atoms with Crippen LogP contribution in [0, 0.1) is 0 Å². The Bertz CT molecular complexity index is 244. The zero-order valence-corrected chi connectivity index (χ0v) is 6.94. The molecule has 1 aromatic rings. The third-order valence-corrected chi connectivity index (χ3v) is 1.34. The van der Waals surface area contributed by atoms with Crippen molar-refractivity contribution in [3.63, 3.8) is 0 Å². The molecule has 0 spiro atoms. The molecule has 1 N–H and O–H groups in total. The standard InChI is InChI=1S/C6H6BrNO2/c1-4(9)10-5-2-6(7)8-3-5/h2-3,8H,1H3. The number of rotatable bonds is 1. The smallest absolute Gasteiger partial charge is 0.308 e. The van der Waals surface area contributed by atoms with E-state index in [-0.39, 0.29) is 5.97 Å². The van der Waals surface area contributed by atoms with Crippen molar-refractivity contribution in [2.24, 2.45) is 0 Å². The maximum absolute atomic E-state index is 10.4. The van der Waals surface area contributed by atoms with E-state index in [1.807, 2.05) is 0 Å². The van der Waals surface area contributed by atoms with Crippen molar-refractivity contribution in [3.8, 4) is 5.75 Å². The van der Waals surface area contributed by atoms with Crippen LogP contribution in [-0.4, -0.2) is 11.0 Å². The maximum Gasteiger partial charge on any atom is 0.308 e. The molecule has 0 aliphatic rings. The van der Waals surface area contributed by atoms with Crippen molar-refractivity contribution in [2.75, 3.05) is 0 Å². The second kappa shape index (κ2) is 2.88. The van der Waals surface area contributed by atoms with Crippen LogP contribution < -0.4 is 4.74 Å². The fourth-order valence-corrected chi connectivity index (χ4v) is 0.913. The van der Waals surface area contributed by atoms with E-state index in [4.69, 9.17) is 4.74 Å². The summed E-state index contributed by atoms with van der Waals surface area (Å²) >= 11 is 3.18. The normalized spacial score (nSPS) is 9.40. The number of halogens is 1. The summed E-state index contributed by atoms with van der Waals surface area (Å²) in [5.41, 5.74) is 0. The van der Waals surface area contributed by atoms with Gasteiger partial charge in [0.15, 0.2) is 0 Å². The number of esters is 1. The lowest BCUT2D eigenvalue weighted by Crippen LogP contribution is -1.99. The number of hydrogen-bond acceptors (Lipinski definition) is 2. The molecule has 0 aromatic carbocycles. The van der Waals surface area contributed by atoms with Gasteiger partial charge >= 0.3 is 5.97 Å². The number of aromatic nitrogens is 1. The average Bonchev–Trinajstić information content (AvgIpc) is 2.13. The molecule has 1 rings (SSSR count). The first kappa shape index (κ1) is 7.34. The largest absolute Gasteiger partial charge is 0.425 e. The van der Waals surface area contributed by atoms with E-state index in [0.29, 0.717) is 5.75 Å². The van der Waals surface area contributed by atoms with E-state index in [0.717, 1.165) is 4.60 Å². The van der Waals surface area contributed by atoms with Gasteiger partial charge in [0, 0.05) is 19.2 Å². The third kappa shape index (κ3) is 1.88. The fourth-order valence-electron chi connectivity index (χ4n) is 0.573. The summed E-state index contributed by atoms with van der Waals surface area (Å²) in [7, 11) is 0. The minimum Gasteiger partial charge on any atom is -0.425 e. The first-order chi connectivity index (χ1) is 4.68. The van der Waals surface area contributed by atoms with Crippen LogP contribution in [0.4, 0.5) is 0 Å². The van der Waals surface area contributed by atoms with Gasteiger partial charge < -0.3 is 9.72 Å². The van der Waals surface area contributed by atoms with Crippen LogP contribution >= 0.6 is 15.9 Å². The Morgan fingerprint density at radius 2 is 2.50 bits per heavy atom. The molecular weight excluding hydrogens is 198 g/mol. The Morgan fingerprint density at radius 1 is 1.80 bits per heavy atom. The molecule has 0 saturated heterocycles. The van der Waals surface area contributed by atoms with E-state index in [2.05, 4.69) is 20.9 Å². The Labute approximate surface area is 66.5 Å². The Balaban J connectivity index is 2.67. The quantitative estimate of drug-likeness (QED) is 0.707. The third-order valence-electron chi connectivity index (χ3n) is 0.883. The molecule has 1 heterocycles. The van der Waals surface area contributed by atoms with Gasteiger partial charge in [0.1, 0.15) is 5.75 Å². The number of ether oxygens (including phenoxy) is 1. The summed E-state index contributed by atoms with van der Waals surface area (Å²) in [6, 6.07) is 1.68. The van der Waals surface area contributed by atoms with Crippen LogP contribution in [-0.2, 0) is 4.79 Å². The highest BCUT2D eigenvalue weighted by Gasteiger charge is 1.98. The summed E-state index contributed by atoms with van der Waals surface area (Å²) in [5.74, 6) is 0.214. The van der Waals surface area contributed by atoms with Crippen LogP contribution in [0.15, 0.2) is 16.9 Å². The molecule has 4 heteroatoms. The number of nitrogens with one attached hydrogen (secondary N) is 1. The molecule has 0 bridgehead atoms. The van der Waals surface area contributed by atoms with Crippen LogP contribution in [0.1, 0.15) is 6.92 Å². The lowest BCUT2D eigenvalue weighted by molar-refractivity contribution is -0.131. The molecular formula is C6H6BrNO2. The van der Waals surface area contributed by atoms with Crippen molar-refractivity contribution >= 4 is 21.9 Å². The molecule has 10 heavy (non-hydrogen) atoms. The van der Waals surface area contributed by atoms with Crippen molar-refractivity contribution in [3.05, 3.63) is 16.9 Å². The topological polar surface area (TPSA) is 42.1 Å². The zero-order valence-electron chi connectivity index (χ0n) is 5.35. The van der Waals surface area contributed by atoms with Gasteiger partial charge in [0.25, 0.3) is 0 Å². The SMILES string of the molecule is CC(=O)Oc1c[nH]c(Br)c1. The first-order valence-corrected chi connectivity index (χ1v) is 3.50. The lowest BCUT2D eigenvalue weighted by Gasteiger charge is -1.92. The number of carbonyl (C=O) groups is 1. The summed E-state index contributed by atoms with van der Waals surface area (Å²) in [6.07, 6.45) is 1.60. The van der Waals surface area contributed by atoms with E-state index < -0.39 is 0 Å². The van der Waals surface area contributed by atoms with Gasteiger partial charge in [0.05, 0.1) is 4.60 Å². The number of hydrogen-bond donors (Lipinski definition) is 1. The minimum atomic E-state index is -0.313. The summed E-state index contributed by atoms with van der Waals surface area (Å²) < 4.78 is 5.53. The maximum atomic E-state index is 10.4. The lowest BCUT2D eigenvalue weighted by atomic mass is 10.6. The van der Waals surface area contributed by atoms with Crippen molar-refractivity contribution in [1.29, 1.82) is 0 Å². The Hall–Kier alpha value is -0.770. The average molecular weight is 204 g/mol. The van der Waals surface area contributed by atoms with E-state index in [1.54, 1.807) is 12.3 Å². The summed E-state index contributed by atoms with van der Waals surface area (Å²) in [6.45, 7) is 1.36. The van der Waals surface area contributed by atoms with E-state index in [1.165, 1.54) is 6.92 Å². The highest BCUT2D eigenvalue weighted by molar-refractivity contribution is 9.10. The van der Waals surface area contributed by atoms with Gasteiger partial charge in [-0.25, -0.2) is 0 Å². The Kier molecular flexibility index (Phi) is 2.11. The molecule has 0 saturated carbocycles. The predicted molar refractivity (Wildman–Crippen MR) is 39.8 cm³/mol. The van der Waals surface area contributed by atoms with E-state index >= 15 is 0 Å². The zero-order chi connectivity index (χ0) is 7.56. The fraction of sp³-hybridized carbons (Fsp3) is 0.167. The van der Waals surface area contributed by atoms with Crippen LogP contribution in [0.5, 0.6) is 5.75 Å². The van der Waals surface area contributed by atoms with Crippen LogP contribution in [0.2, 0.25) is 0 Å². The second-order valence-electron chi connectivity index (χ2n) is 1.78. The van der Waals surface area contributed by atoms with Crippen molar-refractivity contribution in [2.45, 2.75) is 6.92 Å². The highest BCUT2D eigenvalue weighted by atomic mass is 79.9.